The highest BCUT2D eigenvalue weighted by molar-refractivity contribution is 7.20. The SMILES string of the molecule is N#Cc1cnc2sc(C=O)cc2c1Cl. The molecular formula is C9H3ClN2OS. The molecule has 2 rings (SSSR count). The molecule has 0 saturated heterocycles. The molecule has 0 bridgehead atoms. The summed E-state index contributed by atoms with van der Waals surface area (Å²) in [5, 5.41) is 9.73. The first-order chi connectivity index (χ1) is 6.76. The molecule has 5 heteroatoms. The first-order valence-corrected chi connectivity index (χ1v) is 4.89. The number of pyridine rings is 1. The fourth-order valence-corrected chi connectivity index (χ4v) is 2.23. The van der Waals surface area contributed by atoms with Crippen LogP contribution in [0.4, 0.5) is 0 Å². The van der Waals surface area contributed by atoms with E-state index in [4.69, 9.17) is 16.9 Å². The van der Waals surface area contributed by atoms with Crippen molar-refractivity contribution in [1.82, 2.24) is 4.98 Å². The summed E-state index contributed by atoms with van der Waals surface area (Å²) >= 11 is 7.20. The van der Waals surface area contributed by atoms with Crippen LogP contribution in [0.5, 0.6) is 0 Å². The Hall–Kier alpha value is -1.44. The van der Waals surface area contributed by atoms with Gasteiger partial charge in [-0.05, 0) is 6.07 Å². The molecule has 0 aliphatic heterocycles. The standard InChI is InChI=1S/C9H3ClN2OS/c10-8-5(2-11)3-12-9-7(8)1-6(4-13)14-9/h1,3-4H. The zero-order chi connectivity index (χ0) is 10.1. The number of nitrogens with zero attached hydrogens (tertiary/aromatic N) is 2. The van der Waals surface area contributed by atoms with Gasteiger partial charge in [0, 0.05) is 11.6 Å². The van der Waals surface area contributed by atoms with Crippen LogP contribution >= 0.6 is 22.9 Å². The molecule has 0 aliphatic carbocycles. The normalized spacial score (nSPS) is 10.0. The van der Waals surface area contributed by atoms with E-state index in [2.05, 4.69) is 4.98 Å². The summed E-state index contributed by atoms with van der Waals surface area (Å²) in [6, 6.07) is 3.58. The molecule has 2 aromatic heterocycles. The van der Waals surface area contributed by atoms with Crippen LogP contribution in [-0.4, -0.2) is 11.3 Å². The third kappa shape index (κ3) is 1.27. The Bertz CT molecular complexity index is 556. The number of carbonyl (C=O) groups excluding carboxylic acids is 1. The molecule has 3 nitrogen and oxygen atoms in total. The Morgan fingerprint density at radius 3 is 3.07 bits per heavy atom. The molecular weight excluding hydrogens is 220 g/mol. The van der Waals surface area contributed by atoms with E-state index in [-0.39, 0.29) is 0 Å². The average Bonchev–Trinajstić information content (AvgIpc) is 2.62. The molecule has 0 aromatic carbocycles. The van der Waals surface area contributed by atoms with Crippen molar-refractivity contribution in [2.45, 2.75) is 0 Å². The molecule has 14 heavy (non-hydrogen) atoms. The lowest BCUT2D eigenvalue weighted by molar-refractivity contribution is 0.112. The topological polar surface area (TPSA) is 53.8 Å². The van der Waals surface area contributed by atoms with E-state index in [1.807, 2.05) is 6.07 Å². The van der Waals surface area contributed by atoms with E-state index in [0.29, 0.717) is 25.7 Å². The Kier molecular flexibility index (Phi) is 2.20. The summed E-state index contributed by atoms with van der Waals surface area (Å²) < 4.78 is 0. The molecule has 2 aromatic rings. The van der Waals surface area contributed by atoms with Gasteiger partial charge in [-0.25, -0.2) is 4.98 Å². The largest absolute Gasteiger partial charge is 0.297 e. The molecule has 0 aliphatic rings. The second kappa shape index (κ2) is 3.37. The maximum Gasteiger partial charge on any atom is 0.160 e. The van der Waals surface area contributed by atoms with E-state index < -0.39 is 0 Å². The number of hydrogen-bond donors (Lipinski definition) is 0. The van der Waals surface area contributed by atoms with Crippen molar-refractivity contribution in [3.8, 4) is 6.07 Å². The summed E-state index contributed by atoms with van der Waals surface area (Å²) in [7, 11) is 0. The number of aromatic nitrogens is 1. The molecule has 2 heterocycles. The molecule has 0 radical (unpaired) electrons. The fraction of sp³-hybridized carbons (Fsp3) is 0. The van der Waals surface area contributed by atoms with Gasteiger partial charge in [0.05, 0.1) is 15.5 Å². The van der Waals surface area contributed by atoms with Crippen LogP contribution in [-0.2, 0) is 0 Å². The number of aldehydes is 1. The zero-order valence-corrected chi connectivity index (χ0v) is 8.39. The number of carbonyl (C=O) groups is 1. The van der Waals surface area contributed by atoms with Gasteiger partial charge < -0.3 is 0 Å². The summed E-state index contributed by atoms with van der Waals surface area (Å²) in [6.07, 6.45) is 2.16. The van der Waals surface area contributed by atoms with Crippen LogP contribution in [0, 0.1) is 11.3 Å². The third-order valence-corrected chi connectivity index (χ3v) is 3.13. The second-order valence-electron chi connectivity index (χ2n) is 2.58. The van der Waals surface area contributed by atoms with Crippen molar-refractivity contribution < 1.29 is 4.79 Å². The van der Waals surface area contributed by atoms with Crippen molar-refractivity contribution in [1.29, 1.82) is 5.26 Å². The predicted octanol–water partition coefficient (Wildman–Crippen LogP) is 2.63. The van der Waals surface area contributed by atoms with Crippen LogP contribution < -0.4 is 0 Å². The van der Waals surface area contributed by atoms with Crippen LogP contribution in [0.15, 0.2) is 12.3 Å². The highest BCUT2D eigenvalue weighted by Gasteiger charge is 2.09. The average molecular weight is 223 g/mol. The van der Waals surface area contributed by atoms with Gasteiger partial charge in [-0.3, -0.25) is 4.79 Å². The minimum Gasteiger partial charge on any atom is -0.297 e. The van der Waals surface area contributed by atoms with Gasteiger partial charge in [-0.15, -0.1) is 11.3 Å². The molecule has 68 valence electrons. The lowest BCUT2D eigenvalue weighted by Gasteiger charge is -1.93. The molecule has 0 atom stereocenters. The monoisotopic (exact) mass is 222 g/mol. The van der Waals surface area contributed by atoms with Gasteiger partial charge in [-0.1, -0.05) is 11.6 Å². The summed E-state index contributed by atoms with van der Waals surface area (Å²) in [6.45, 7) is 0. The Morgan fingerprint density at radius 2 is 2.43 bits per heavy atom. The Morgan fingerprint density at radius 1 is 1.64 bits per heavy atom. The van der Waals surface area contributed by atoms with Crippen molar-refractivity contribution in [2.24, 2.45) is 0 Å². The highest BCUT2D eigenvalue weighted by Crippen LogP contribution is 2.30. The molecule has 0 fully saturated rings. The first kappa shape index (κ1) is 9.13. The van der Waals surface area contributed by atoms with E-state index in [1.165, 1.54) is 17.5 Å². The Labute approximate surface area is 88.6 Å². The van der Waals surface area contributed by atoms with Gasteiger partial charge in [-0.2, -0.15) is 5.26 Å². The van der Waals surface area contributed by atoms with Crippen molar-refractivity contribution in [3.05, 3.63) is 27.7 Å². The van der Waals surface area contributed by atoms with Crippen LogP contribution in [0.3, 0.4) is 0 Å². The molecule has 0 unspecified atom stereocenters. The molecule has 0 N–H and O–H groups in total. The summed E-state index contributed by atoms with van der Waals surface area (Å²) in [5.41, 5.74) is 0.328. The van der Waals surface area contributed by atoms with E-state index in [1.54, 1.807) is 6.07 Å². The van der Waals surface area contributed by atoms with Crippen molar-refractivity contribution in [2.75, 3.05) is 0 Å². The number of fused-ring (bicyclic) bond motifs is 1. The highest BCUT2D eigenvalue weighted by atomic mass is 35.5. The molecule has 0 amide bonds. The molecule has 0 spiro atoms. The quantitative estimate of drug-likeness (QED) is 0.697. The number of nitriles is 1. The van der Waals surface area contributed by atoms with Crippen LogP contribution in [0.2, 0.25) is 5.02 Å². The summed E-state index contributed by atoms with van der Waals surface area (Å²) in [5.74, 6) is 0. The van der Waals surface area contributed by atoms with Crippen molar-refractivity contribution in [3.63, 3.8) is 0 Å². The lowest BCUT2D eigenvalue weighted by Crippen LogP contribution is -1.80. The Balaban J connectivity index is 2.83. The van der Waals surface area contributed by atoms with Gasteiger partial charge in [0.25, 0.3) is 0 Å². The fourth-order valence-electron chi connectivity index (χ4n) is 1.11. The van der Waals surface area contributed by atoms with Crippen molar-refractivity contribution >= 4 is 39.4 Å². The van der Waals surface area contributed by atoms with Gasteiger partial charge in [0.1, 0.15) is 10.9 Å². The van der Waals surface area contributed by atoms with Crippen LogP contribution in [0.25, 0.3) is 10.2 Å². The third-order valence-electron chi connectivity index (χ3n) is 1.75. The number of thiophene rings is 1. The maximum absolute atomic E-state index is 10.5. The predicted molar refractivity (Wildman–Crippen MR) is 54.7 cm³/mol. The number of rotatable bonds is 1. The first-order valence-electron chi connectivity index (χ1n) is 3.69. The maximum atomic E-state index is 10.5. The minimum atomic E-state index is 0.328. The minimum absolute atomic E-state index is 0.328. The second-order valence-corrected chi connectivity index (χ2v) is 4.02. The summed E-state index contributed by atoms with van der Waals surface area (Å²) in [4.78, 5) is 15.8. The number of hydrogen-bond acceptors (Lipinski definition) is 4. The zero-order valence-electron chi connectivity index (χ0n) is 6.82. The van der Waals surface area contributed by atoms with Gasteiger partial charge in [0.15, 0.2) is 6.29 Å². The van der Waals surface area contributed by atoms with Gasteiger partial charge >= 0.3 is 0 Å². The number of halogens is 1. The smallest absolute Gasteiger partial charge is 0.160 e. The van der Waals surface area contributed by atoms with Gasteiger partial charge in [0.2, 0.25) is 0 Å². The van der Waals surface area contributed by atoms with E-state index in [9.17, 15) is 4.79 Å². The lowest BCUT2D eigenvalue weighted by atomic mass is 10.2. The van der Waals surface area contributed by atoms with Crippen LogP contribution in [0.1, 0.15) is 15.2 Å². The molecule has 0 saturated carbocycles. The van der Waals surface area contributed by atoms with E-state index >= 15 is 0 Å². The van der Waals surface area contributed by atoms with E-state index in [0.717, 1.165) is 6.29 Å².